The SMILES string of the molecule is Cc1ccc(C(=O)NCCNC2CC2)o1. The normalized spacial score (nSPS) is 15.3. The smallest absolute Gasteiger partial charge is 0.287 e. The van der Waals surface area contributed by atoms with Crippen LogP contribution < -0.4 is 10.6 Å². The number of nitrogens with one attached hydrogen (secondary N) is 2. The van der Waals surface area contributed by atoms with Crippen LogP contribution in [0.25, 0.3) is 0 Å². The average Bonchev–Trinajstić information content (AvgIpc) is 2.94. The largest absolute Gasteiger partial charge is 0.456 e. The van der Waals surface area contributed by atoms with Gasteiger partial charge in [0.05, 0.1) is 0 Å². The summed E-state index contributed by atoms with van der Waals surface area (Å²) in [5.74, 6) is 1.01. The lowest BCUT2D eigenvalue weighted by atomic mass is 10.4. The Hall–Kier alpha value is -1.29. The summed E-state index contributed by atoms with van der Waals surface area (Å²) in [5.41, 5.74) is 0. The zero-order valence-electron chi connectivity index (χ0n) is 8.88. The van der Waals surface area contributed by atoms with E-state index >= 15 is 0 Å². The van der Waals surface area contributed by atoms with E-state index in [0.29, 0.717) is 18.3 Å². The van der Waals surface area contributed by atoms with Crippen LogP contribution in [-0.4, -0.2) is 25.0 Å². The van der Waals surface area contributed by atoms with Crippen LogP contribution in [0.3, 0.4) is 0 Å². The summed E-state index contributed by atoms with van der Waals surface area (Å²) in [5, 5.41) is 6.12. The predicted molar refractivity (Wildman–Crippen MR) is 56.8 cm³/mol. The van der Waals surface area contributed by atoms with Gasteiger partial charge in [-0.05, 0) is 31.9 Å². The van der Waals surface area contributed by atoms with Crippen molar-refractivity contribution in [2.75, 3.05) is 13.1 Å². The molecule has 1 fully saturated rings. The molecule has 2 N–H and O–H groups in total. The van der Waals surface area contributed by atoms with E-state index in [1.165, 1.54) is 12.8 Å². The molecule has 0 saturated heterocycles. The molecule has 0 aromatic carbocycles. The summed E-state index contributed by atoms with van der Waals surface area (Å²) < 4.78 is 5.20. The Morgan fingerprint density at radius 3 is 2.87 bits per heavy atom. The minimum Gasteiger partial charge on any atom is -0.456 e. The van der Waals surface area contributed by atoms with Crippen molar-refractivity contribution < 1.29 is 9.21 Å². The van der Waals surface area contributed by atoms with Crippen LogP contribution in [0.2, 0.25) is 0 Å². The van der Waals surface area contributed by atoms with Crippen molar-refractivity contribution >= 4 is 5.91 Å². The average molecular weight is 208 g/mol. The number of amides is 1. The molecule has 15 heavy (non-hydrogen) atoms. The van der Waals surface area contributed by atoms with Gasteiger partial charge in [0.2, 0.25) is 0 Å². The molecule has 0 unspecified atom stereocenters. The van der Waals surface area contributed by atoms with Gasteiger partial charge in [0, 0.05) is 19.1 Å². The van der Waals surface area contributed by atoms with Gasteiger partial charge < -0.3 is 15.1 Å². The zero-order valence-corrected chi connectivity index (χ0v) is 8.88. The van der Waals surface area contributed by atoms with Gasteiger partial charge in [0.1, 0.15) is 5.76 Å². The summed E-state index contributed by atoms with van der Waals surface area (Å²) in [6.07, 6.45) is 2.54. The highest BCUT2D eigenvalue weighted by Gasteiger charge is 2.19. The fourth-order valence-electron chi connectivity index (χ4n) is 1.38. The lowest BCUT2D eigenvalue weighted by Gasteiger charge is -2.03. The van der Waals surface area contributed by atoms with Gasteiger partial charge in [-0.15, -0.1) is 0 Å². The second-order valence-electron chi connectivity index (χ2n) is 3.89. The molecule has 1 aliphatic rings. The van der Waals surface area contributed by atoms with Crippen LogP contribution in [0.1, 0.15) is 29.2 Å². The van der Waals surface area contributed by atoms with Crippen molar-refractivity contribution in [1.29, 1.82) is 0 Å². The van der Waals surface area contributed by atoms with E-state index in [1.54, 1.807) is 12.1 Å². The first-order valence-corrected chi connectivity index (χ1v) is 5.34. The summed E-state index contributed by atoms with van der Waals surface area (Å²) in [4.78, 5) is 11.5. The van der Waals surface area contributed by atoms with E-state index < -0.39 is 0 Å². The first kappa shape index (κ1) is 10.2. The van der Waals surface area contributed by atoms with Gasteiger partial charge in [-0.1, -0.05) is 0 Å². The van der Waals surface area contributed by atoms with Crippen LogP contribution in [0.4, 0.5) is 0 Å². The van der Waals surface area contributed by atoms with E-state index in [1.807, 2.05) is 6.92 Å². The second kappa shape index (κ2) is 4.49. The lowest BCUT2D eigenvalue weighted by Crippen LogP contribution is -2.32. The standard InChI is InChI=1S/C11H16N2O2/c1-8-2-5-10(15-8)11(14)13-7-6-12-9-3-4-9/h2,5,9,12H,3-4,6-7H2,1H3,(H,13,14). The van der Waals surface area contributed by atoms with Crippen molar-refractivity contribution in [3.63, 3.8) is 0 Å². The Morgan fingerprint density at radius 1 is 1.47 bits per heavy atom. The minimum absolute atomic E-state index is 0.138. The fourth-order valence-corrected chi connectivity index (χ4v) is 1.38. The number of carbonyl (C=O) groups is 1. The minimum atomic E-state index is -0.138. The van der Waals surface area contributed by atoms with Gasteiger partial charge >= 0.3 is 0 Å². The van der Waals surface area contributed by atoms with Gasteiger partial charge in [0.25, 0.3) is 5.91 Å². The zero-order chi connectivity index (χ0) is 10.7. The summed E-state index contributed by atoms with van der Waals surface area (Å²) in [6.45, 7) is 3.30. The highest BCUT2D eigenvalue weighted by molar-refractivity contribution is 5.91. The molecule has 1 aromatic rings. The Bertz CT molecular complexity index is 342. The third kappa shape index (κ3) is 3.09. The third-order valence-electron chi connectivity index (χ3n) is 2.39. The highest BCUT2D eigenvalue weighted by Crippen LogP contribution is 2.17. The van der Waals surface area contributed by atoms with Gasteiger partial charge in [-0.2, -0.15) is 0 Å². The van der Waals surface area contributed by atoms with Crippen LogP contribution in [0, 0.1) is 6.92 Å². The van der Waals surface area contributed by atoms with Crippen molar-refractivity contribution in [1.82, 2.24) is 10.6 Å². The number of rotatable bonds is 5. The summed E-state index contributed by atoms with van der Waals surface area (Å²) in [6, 6.07) is 4.17. The van der Waals surface area contributed by atoms with E-state index in [9.17, 15) is 4.79 Å². The van der Waals surface area contributed by atoms with Gasteiger partial charge in [-0.3, -0.25) is 4.79 Å². The maximum atomic E-state index is 11.5. The first-order chi connectivity index (χ1) is 7.25. The van der Waals surface area contributed by atoms with E-state index in [2.05, 4.69) is 10.6 Å². The molecule has 0 atom stereocenters. The molecule has 0 aliphatic heterocycles. The number of aryl methyl sites for hydroxylation is 1. The quantitative estimate of drug-likeness (QED) is 0.712. The molecular formula is C11H16N2O2. The van der Waals surface area contributed by atoms with Gasteiger partial charge in [0.15, 0.2) is 5.76 Å². The predicted octanol–water partition coefficient (Wildman–Crippen LogP) is 1.07. The van der Waals surface area contributed by atoms with Gasteiger partial charge in [-0.25, -0.2) is 0 Å². The molecule has 4 nitrogen and oxygen atoms in total. The third-order valence-corrected chi connectivity index (χ3v) is 2.39. The fraction of sp³-hybridized carbons (Fsp3) is 0.545. The number of hydrogen-bond donors (Lipinski definition) is 2. The van der Waals surface area contributed by atoms with Crippen molar-refractivity contribution in [3.8, 4) is 0 Å². The lowest BCUT2D eigenvalue weighted by molar-refractivity contribution is 0.0925. The molecule has 1 saturated carbocycles. The highest BCUT2D eigenvalue weighted by atomic mass is 16.3. The topological polar surface area (TPSA) is 54.3 Å². The number of furan rings is 1. The van der Waals surface area contributed by atoms with E-state index in [-0.39, 0.29) is 5.91 Å². The van der Waals surface area contributed by atoms with Crippen LogP contribution >= 0.6 is 0 Å². The number of carbonyl (C=O) groups excluding carboxylic acids is 1. The molecule has 0 bridgehead atoms. The maximum absolute atomic E-state index is 11.5. The van der Waals surface area contributed by atoms with E-state index in [4.69, 9.17) is 4.42 Å². The summed E-state index contributed by atoms with van der Waals surface area (Å²) in [7, 11) is 0. The molecule has 2 rings (SSSR count). The van der Waals surface area contributed by atoms with Crippen molar-refractivity contribution in [2.45, 2.75) is 25.8 Å². The Balaban J connectivity index is 1.67. The molecule has 1 amide bonds. The molecule has 0 spiro atoms. The molecule has 1 aliphatic carbocycles. The second-order valence-corrected chi connectivity index (χ2v) is 3.89. The van der Waals surface area contributed by atoms with Crippen LogP contribution in [0.5, 0.6) is 0 Å². The molecular weight excluding hydrogens is 192 g/mol. The molecule has 1 aromatic heterocycles. The Morgan fingerprint density at radius 2 is 2.27 bits per heavy atom. The van der Waals surface area contributed by atoms with E-state index in [0.717, 1.165) is 12.3 Å². The van der Waals surface area contributed by atoms with Crippen molar-refractivity contribution in [3.05, 3.63) is 23.7 Å². The Labute approximate surface area is 89.0 Å². The molecule has 0 radical (unpaired) electrons. The molecule has 4 heteroatoms. The van der Waals surface area contributed by atoms with Crippen LogP contribution in [-0.2, 0) is 0 Å². The molecule has 82 valence electrons. The monoisotopic (exact) mass is 208 g/mol. The Kier molecular flexibility index (Phi) is 3.06. The number of hydrogen-bond acceptors (Lipinski definition) is 3. The summed E-state index contributed by atoms with van der Waals surface area (Å²) >= 11 is 0. The first-order valence-electron chi connectivity index (χ1n) is 5.34. The van der Waals surface area contributed by atoms with Crippen molar-refractivity contribution in [2.24, 2.45) is 0 Å². The van der Waals surface area contributed by atoms with Crippen LogP contribution in [0.15, 0.2) is 16.5 Å². The molecule has 1 heterocycles. The maximum Gasteiger partial charge on any atom is 0.287 e.